The Morgan fingerprint density at radius 2 is 1.35 bits per heavy atom. The second-order valence-corrected chi connectivity index (χ2v) is 6.06. The van der Waals surface area contributed by atoms with Gasteiger partial charge in [0.1, 0.15) is 0 Å². The van der Waals surface area contributed by atoms with Crippen LogP contribution in [-0.4, -0.2) is 0 Å². The van der Waals surface area contributed by atoms with E-state index in [-0.39, 0.29) is 0 Å². The Kier molecular flexibility index (Phi) is 4.65. The lowest BCUT2D eigenvalue weighted by atomic mass is 9.92. The molecule has 0 aliphatic rings. The fraction of sp³-hybridized carbons (Fsp3) is 0.400. The molecule has 2 rings (SSSR count). The van der Waals surface area contributed by atoms with Gasteiger partial charge >= 0.3 is 0 Å². The van der Waals surface area contributed by atoms with Gasteiger partial charge < -0.3 is 0 Å². The van der Waals surface area contributed by atoms with Gasteiger partial charge in [-0.1, -0.05) is 49.2 Å². The Balaban J connectivity index is 2.35. The van der Waals surface area contributed by atoms with Crippen LogP contribution in [0.1, 0.15) is 52.3 Å². The molecule has 0 radical (unpaired) electrons. The minimum atomic E-state index is 1.05. The topological polar surface area (TPSA) is 0 Å². The number of aryl methyl sites for hydroxylation is 5. The Morgan fingerprint density at radius 3 is 2.00 bits per heavy atom. The summed E-state index contributed by atoms with van der Waals surface area (Å²) in [5, 5.41) is 0. The average Bonchev–Trinajstić information content (AvgIpc) is 2.38. The van der Waals surface area contributed by atoms with Gasteiger partial charge in [-0.05, 0) is 73.9 Å². The summed E-state index contributed by atoms with van der Waals surface area (Å²) in [7, 11) is 0. The quantitative estimate of drug-likeness (QED) is 0.689. The van der Waals surface area contributed by atoms with E-state index in [1.54, 1.807) is 0 Å². The summed E-state index contributed by atoms with van der Waals surface area (Å²) in [6, 6.07) is 11.6. The third kappa shape index (κ3) is 3.30. The normalized spacial score (nSPS) is 10.8. The maximum atomic E-state index is 2.42. The van der Waals surface area contributed by atoms with Crippen molar-refractivity contribution in [2.24, 2.45) is 0 Å². The molecule has 0 heterocycles. The van der Waals surface area contributed by atoms with Crippen molar-refractivity contribution < 1.29 is 0 Å². The molecule has 0 saturated heterocycles. The molecule has 0 N–H and O–H groups in total. The fourth-order valence-corrected chi connectivity index (χ4v) is 2.93. The van der Waals surface area contributed by atoms with E-state index in [1.807, 2.05) is 0 Å². The molecule has 0 fully saturated rings. The summed E-state index contributed by atoms with van der Waals surface area (Å²) in [6.07, 6.45) is 3.45. The van der Waals surface area contributed by atoms with Gasteiger partial charge in [0.05, 0.1) is 0 Å². The zero-order valence-corrected chi connectivity index (χ0v) is 13.5. The summed E-state index contributed by atoms with van der Waals surface area (Å²) in [5.41, 5.74) is 10.0. The molecule has 0 heteroatoms. The van der Waals surface area contributed by atoms with Crippen molar-refractivity contribution in [3.63, 3.8) is 0 Å². The fourth-order valence-electron chi connectivity index (χ4n) is 2.93. The molecule has 0 bridgehead atoms. The van der Waals surface area contributed by atoms with E-state index in [0.29, 0.717) is 0 Å². The molecule has 106 valence electrons. The van der Waals surface area contributed by atoms with Crippen molar-refractivity contribution in [3.05, 3.63) is 69.3 Å². The first-order valence-corrected chi connectivity index (χ1v) is 7.66. The number of benzene rings is 2. The highest BCUT2D eigenvalue weighted by atomic mass is 14.1. The van der Waals surface area contributed by atoms with E-state index < -0.39 is 0 Å². The first kappa shape index (κ1) is 14.8. The minimum absolute atomic E-state index is 1.05. The molecule has 0 aliphatic carbocycles. The first-order valence-electron chi connectivity index (χ1n) is 7.66. The van der Waals surface area contributed by atoms with Gasteiger partial charge in [-0.2, -0.15) is 0 Å². The van der Waals surface area contributed by atoms with E-state index in [9.17, 15) is 0 Å². The van der Waals surface area contributed by atoms with Crippen LogP contribution in [0.2, 0.25) is 0 Å². The minimum Gasteiger partial charge on any atom is -0.0651 e. The smallest absolute Gasteiger partial charge is 0.00204 e. The molecule has 0 amide bonds. The van der Waals surface area contributed by atoms with Crippen molar-refractivity contribution in [1.82, 2.24) is 0 Å². The third-order valence-electron chi connectivity index (χ3n) is 4.19. The van der Waals surface area contributed by atoms with Crippen LogP contribution in [0.25, 0.3) is 0 Å². The van der Waals surface area contributed by atoms with Crippen LogP contribution >= 0.6 is 0 Å². The lowest BCUT2D eigenvalue weighted by Crippen LogP contribution is -1.99. The van der Waals surface area contributed by atoms with E-state index in [0.717, 1.165) is 6.42 Å². The van der Waals surface area contributed by atoms with Crippen LogP contribution in [-0.2, 0) is 12.8 Å². The van der Waals surface area contributed by atoms with E-state index >= 15 is 0 Å². The van der Waals surface area contributed by atoms with Crippen LogP contribution in [0, 0.1) is 27.7 Å². The maximum absolute atomic E-state index is 2.42. The lowest BCUT2D eigenvalue weighted by molar-refractivity contribution is 0.906. The molecule has 0 nitrogen and oxygen atoms in total. The summed E-state index contributed by atoms with van der Waals surface area (Å²) in [6.45, 7) is 11.1. The molecular formula is C20H26. The SMILES string of the molecule is CCCc1cc(Cc2ccc(C)cc2C)c(C)cc1C. The van der Waals surface area contributed by atoms with Crippen molar-refractivity contribution in [3.8, 4) is 0 Å². The molecule has 20 heavy (non-hydrogen) atoms. The highest BCUT2D eigenvalue weighted by Crippen LogP contribution is 2.22. The van der Waals surface area contributed by atoms with Gasteiger partial charge in [0, 0.05) is 0 Å². The van der Waals surface area contributed by atoms with Gasteiger partial charge in [0.2, 0.25) is 0 Å². The molecule has 0 aliphatic heterocycles. The summed E-state index contributed by atoms with van der Waals surface area (Å²) < 4.78 is 0. The predicted molar refractivity (Wildman–Crippen MR) is 88.6 cm³/mol. The Labute approximate surface area is 123 Å². The van der Waals surface area contributed by atoms with Crippen LogP contribution < -0.4 is 0 Å². The number of rotatable bonds is 4. The van der Waals surface area contributed by atoms with Crippen molar-refractivity contribution in [1.29, 1.82) is 0 Å². The van der Waals surface area contributed by atoms with E-state index in [2.05, 4.69) is 65.0 Å². The van der Waals surface area contributed by atoms with Gasteiger partial charge in [0.15, 0.2) is 0 Å². The van der Waals surface area contributed by atoms with E-state index in [4.69, 9.17) is 0 Å². The number of hydrogen-bond donors (Lipinski definition) is 0. The monoisotopic (exact) mass is 266 g/mol. The Hall–Kier alpha value is -1.56. The second kappa shape index (κ2) is 6.26. The van der Waals surface area contributed by atoms with Crippen molar-refractivity contribution in [2.45, 2.75) is 53.9 Å². The van der Waals surface area contributed by atoms with Crippen LogP contribution in [0.15, 0.2) is 30.3 Å². The van der Waals surface area contributed by atoms with Gasteiger partial charge in [0.25, 0.3) is 0 Å². The molecule has 2 aromatic rings. The molecule has 0 saturated carbocycles. The first-order chi connectivity index (χ1) is 9.51. The summed E-state index contributed by atoms with van der Waals surface area (Å²) >= 11 is 0. The van der Waals surface area contributed by atoms with Crippen LogP contribution in [0.5, 0.6) is 0 Å². The number of hydrogen-bond acceptors (Lipinski definition) is 0. The van der Waals surface area contributed by atoms with Crippen molar-refractivity contribution in [2.75, 3.05) is 0 Å². The van der Waals surface area contributed by atoms with Crippen LogP contribution in [0.3, 0.4) is 0 Å². The Morgan fingerprint density at radius 1 is 0.700 bits per heavy atom. The van der Waals surface area contributed by atoms with Gasteiger partial charge in [-0.3, -0.25) is 0 Å². The maximum Gasteiger partial charge on any atom is -0.00204 e. The van der Waals surface area contributed by atoms with Gasteiger partial charge in [-0.25, -0.2) is 0 Å². The van der Waals surface area contributed by atoms with Crippen LogP contribution in [0.4, 0.5) is 0 Å². The van der Waals surface area contributed by atoms with Gasteiger partial charge in [-0.15, -0.1) is 0 Å². The highest BCUT2D eigenvalue weighted by molar-refractivity contribution is 5.42. The Bertz CT molecular complexity index is 606. The summed E-state index contributed by atoms with van der Waals surface area (Å²) in [4.78, 5) is 0. The second-order valence-electron chi connectivity index (χ2n) is 6.06. The lowest BCUT2D eigenvalue weighted by Gasteiger charge is -2.14. The largest absolute Gasteiger partial charge is 0.0651 e. The molecule has 0 atom stereocenters. The van der Waals surface area contributed by atoms with Crippen molar-refractivity contribution >= 4 is 0 Å². The summed E-state index contributed by atoms with van der Waals surface area (Å²) in [5.74, 6) is 0. The third-order valence-corrected chi connectivity index (χ3v) is 4.19. The molecular weight excluding hydrogens is 240 g/mol. The predicted octanol–water partition coefficient (Wildman–Crippen LogP) is 5.46. The standard InChI is InChI=1S/C20H26/c1-6-7-18-12-20(17(5)11-16(18)4)13-19-9-8-14(2)10-15(19)3/h8-12H,6-7,13H2,1-5H3. The zero-order chi connectivity index (χ0) is 14.7. The highest BCUT2D eigenvalue weighted by Gasteiger charge is 2.07. The average molecular weight is 266 g/mol. The molecule has 0 spiro atoms. The molecule has 0 unspecified atom stereocenters. The zero-order valence-electron chi connectivity index (χ0n) is 13.5. The molecule has 2 aromatic carbocycles. The van der Waals surface area contributed by atoms with E-state index in [1.165, 1.54) is 51.8 Å². The molecule has 0 aromatic heterocycles.